The normalized spacial score (nSPS) is 13.4. The van der Waals surface area contributed by atoms with Crippen molar-refractivity contribution < 1.29 is 9.59 Å². The summed E-state index contributed by atoms with van der Waals surface area (Å²) in [6.45, 7) is 7.64. The van der Waals surface area contributed by atoms with Crippen LogP contribution in [0.5, 0.6) is 0 Å². The van der Waals surface area contributed by atoms with Gasteiger partial charge in [0.15, 0.2) is 0 Å². The maximum absolute atomic E-state index is 12.7. The van der Waals surface area contributed by atoms with Crippen LogP contribution in [0.4, 0.5) is 11.4 Å². The van der Waals surface area contributed by atoms with Crippen molar-refractivity contribution in [3.8, 4) is 0 Å². The fraction of sp³-hybridized carbons (Fsp3) is 0.435. The minimum atomic E-state index is -0.314. The summed E-state index contributed by atoms with van der Waals surface area (Å²) in [7, 11) is 0. The van der Waals surface area contributed by atoms with Crippen LogP contribution in [0.3, 0.4) is 0 Å². The molecule has 0 radical (unpaired) electrons. The van der Waals surface area contributed by atoms with Crippen molar-refractivity contribution >= 4 is 23.2 Å². The van der Waals surface area contributed by atoms with E-state index < -0.39 is 0 Å². The van der Waals surface area contributed by atoms with Crippen LogP contribution in [0.1, 0.15) is 60.5 Å². The predicted octanol–water partition coefficient (Wildman–Crippen LogP) is 4.20. The predicted molar refractivity (Wildman–Crippen MR) is 117 cm³/mol. The Balaban J connectivity index is 1.68. The number of benzene rings is 1. The zero-order valence-corrected chi connectivity index (χ0v) is 17.4. The van der Waals surface area contributed by atoms with Gasteiger partial charge in [-0.2, -0.15) is 0 Å². The van der Waals surface area contributed by atoms with Gasteiger partial charge in [-0.25, -0.2) is 4.98 Å². The number of rotatable bonds is 8. The molecule has 2 aromatic rings. The summed E-state index contributed by atoms with van der Waals surface area (Å²) in [4.78, 5) is 33.9. The van der Waals surface area contributed by atoms with Gasteiger partial charge in [0.1, 0.15) is 11.4 Å². The molecule has 1 aromatic heterocycles. The molecule has 0 bridgehead atoms. The molecule has 0 spiro atoms. The van der Waals surface area contributed by atoms with E-state index in [1.54, 1.807) is 23.1 Å². The molecule has 1 fully saturated rings. The highest BCUT2D eigenvalue weighted by molar-refractivity contribution is 6.03. The molecule has 29 heavy (non-hydrogen) atoms. The van der Waals surface area contributed by atoms with Crippen molar-refractivity contribution in [3.63, 3.8) is 0 Å². The van der Waals surface area contributed by atoms with Crippen LogP contribution in [-0.4, -0.2) is 47.9 Å². The van der Waals surface area contributed by atoms with Crippen LogP contribution < -0.4 is 10.2 Å². The molecule has 1 aliphatic rings. The Labute approximate surface area is 172 Å². The second-order valence-corrected chi connectivity index (χ2v) is 7.40. The molecule has 6 nitrogen and oxygen atoms in total. The van der Waals surface area contributed by atoms with Gasteiger partial charge in [0, 0.05) is 37.6 Å². The molecule has 1 aliphatic heterocycles. The first-order valence-electron chi connectivity index (χ1n) is 10.5. The summed E-state index contributed by atoms with van der Waals surface area (Å²) in [5.74, 6) is -0.440. The number of nitrogens with one attached hydrogen (secondary N) is 1. The van der Waals surface area contributed by atoms with E-state index in [-0.39, 0.29) is 17.5 Å². The molecule has 1 aromatic carbocycles. The Morgan fingerprint density at radius 2 is 1.59 bits per heavy atom. The molecule has 6 heteroatoms. The SMILES string of the molecule is CCCN(CCC)C(=O)c1cccc(C(=O)Nc2ccc(N3CCCC3)cc2)n1. The molecule has 2 amide bonds. The molecule has 2 heterocycles. The first-order chi connectivity index (χ1) is 14.1. The van der Waals surface area contributed by atoms with Crippen LogP contribution in [0, 0.1) is 0 Å². The zero-order valence-electron chi connectivity index (χ0n) is 17.4. The van der Waals surface area contributed by atoms with E-state index in [1.807, 2.05) is 38.1 Å². The molecule has 0 unspecified atom stereocenters. The number of aromatic nitrogens is 1. The lowest BCUT2D eigenvalue weighted by Gasteiger charge is -2.21. The van der Waals surface area contributed by atoms with E-state index in [0.717, 1.165) is 31.6 Å². The van der Waals surface area contributed by atoms with Crippen LogP contribution in [-0.2, 0) is 0 Å². The number of hydrogen-bond acceptors (Lipinski definition) is 4. The van der Waals surface area contributed by atoms with Crippen molar-refractivity contribution in [1.29, 1.82) is 0 Å². The van der Waals surface area contributed by atoms with Gasteiger partial charge >= 0.3 is 0 Å². The van der Waals surface area contributed by atoms with E-state index in [0.29, 0.717) is 18.8 Å². The highest BCUT2D eigenvalue weighted by Crippen LogP contribution is 2.22. The molecule has 1 N–H and O–H groups in total. The van der Waals surface area contributed by atoms with Crippen molar-refractivity contribution in [2.24, 2.45) is 0 Å². The lowest BCUT2D eigenvalue weighted by molar-refractivity contribution is 0.0749. The number of hydrogen-bond donors (Lipinski definition) is 1. The summed E-state index contributed by atoms with van der Waals surface area (Å²) in [6, 6.07) is 12.9. The number of nitrogens with zero attached hydrogens (tertiary/aromatic N) is 3. The second kappa shape index (κ2) is 10.0. The lowest BCUT2D eigenvalue weighted by Crippen LogP contribution is -2.33. The minimum Gasteiger partial charge on any atom is -0.372 e. The van der Waals surface area contributed by atoms with Gasteiger partial charge in [-0.05, 0) is 62.1 Å². The smallest absolute Gasteiger partial charge is 0.274 e. The van der Waals surface area contributed by atoms with Crippen LogP contribution >= 0.6 is 0 Å². The standard InChI is InChI=1S/C23H30N4O2/c1-3-14-27(15-4-2)23(29)21-9-7-8-20(25-21)22(28)24-18-10-12-19(13-11-18)26-16-5-6-17-26/h7-13H,3-6,14-17H2,1-2H3,(H,24,28). The number of pyridine rings is 1. The number of carbonyl (C=O) groups is 2. The lowest BCUT2D eigenvalue weighted by atomic mass is 10.2. The Morgan fingerprint density at radius 1 is 0.966 bits per heavy atom. The van der Waals surface area contributed by atoms with Crippen molar-refractivity contribution in [2.75, 3.05) is 36.4 Å². The highest BCUT2D eigenvalue weighted by atomic mass is 16.2. The Morgan fingerprint density at radius 3 is 2.21 bits per heavy atom. The summed E-state index contributed by atoms with van der Waals surface area (Å²) in [6.07, 6.45) is 4.24. The maximum Gasteiger partial charge on any atom is 0.274 e. The van der Waals surface area contributed by atoms with Gasteiger partial charge in [0.2, 0.25) is 0 Å². The van der Waals surface area contributed by atoms with Gasteiger partial charge in [0.25, 0.3) is 11.8 Å². The van der Waals surface area contributed by atoms with Crippen molar-refractivity contribution in [3.05, 3.63) is 53.9 Å². The molecule has 3 rings (SSSR count). The summed E-state index contributed by atoms with van der Waals surface area (Å²) >= 11 is 0. The van der Waals surface area contributed by atoms with E-state index in [9.17, 15) is 9.59 Å². The van der Waals surface area contributed by atoms with Gasteiger partial charge < -0.3 is 15.1 Å². The van der Waals surface area contributed by atoms with Gasteiger partial charge in [-0.3, -0.25) is 9.59 Å². The third-order valence-corrected chi connectivity index (χ3v) is 5.07. The summed E-state index contributed by atoms with van der Waals surface area (Å²) in [5.41, 5.74) is 2.45. The minimum absolute atomic E-state index is 0.127. The molecule has 0 aliphatic carbocycles. The van der Waals surface area contributed by atoms with Crippen molar-refractivity contribution in [2.45, 2.75) is 39.5 Å². The Bertz CT molecular complexity index is 823. The van der Waals surface area contributed by atoms with Gasteiger partial charge in [-0.15, -0.1) is 0 Å². The number of carbonyl (C=O) groups excluding carboxylic acids is 2. The summed E-state index contributed by atoms with van der Waals surface area (Å²) in [5, 5.41) is 2.88. The molecular weight excluding hydrogens is 364 g/mol. The van der Waals surface area contributed by atoms with Crippen molar-refractivity contribution in [1.82, 2.24) is 9.88 Å². The topological polar surface area (TPSA) is 65.5 Å². The number of amides is 2. The molecule has 0 saturated carbocycles. The molecule has 154 valence electrons. The van der Waals surface area contributed by atoms with Gasteiger partial charge in [0.05, 0.1) is 0 Å². The quantitative estimate of drug-likeness (QED) is 0.729. The Hall–Kier alpha value is -2.89. The van der Waals surface area contributed by atoms with E-state index in [4.69, 9.17) is 0 Å². The molecule has 0 atom stereocenters. The Kier molecular flexibility index (Phi) is 7.22. The zero-order chi connectivity index (χ0) is 20.6. The largest absolute Gasteiger partial charge is 0.372 e. The monoisotopic (exact) mass is 394 g/mol. The van der Waals surface area contributed by atoms with Crippen LogP contribution in [0.15, 0.2) is 42.5 Å². The molecular formula is C23H30N4O2. The van der Waals surface area contributed by atoms with E-state index >= 15 is 0 Å². The van der Waals surface area contributed by atoms with E-state index in [2.05, 4.69) is 15.2 Å². The first-order valence-corrected chi connectivity index (χ1v) is 10.5. The van der Waals surface area contributed by atoms with Crippen LogP contribution in [0.25, 0.3) is 0 Å². The fourth-order valence-electron chi connectivity index (χ4n) is 3.62. The first kappa shape index (κ1) is 20.8. The average Bonchev–Trinajstić information content (AvgIpc) is 3.28. The number of anilines is 2. The van der Waals surface area contributed by atoms with Gasteiger partial charge in [-0.1, -0.05) is 19.9 Å². The third-order valence-electron chi connectivity index (χ3n) is 5.07. The summed E-state index contributed by atoms with van der Waals surface area (Å²) < 4.78 is 0. The van der Waals surface area contributed by atoms with Crippen LogP contribution in [0.2, 0.25) is 0 Å². The van der Waals surface area contributed by atoms with E-state index in [1.165, 1.54) is 18.5 Å². The molecule has 1 saturated heterocycles. The second-order valence-electron chi connectivity index (χ2n) is 7.40. The average molecular weight is 395 g/mol. The maximum atomic E-state index is 12.7. The highest BCUT2D eigenvalue weighted by Gasteiger charge is 2.18. The fourth-order valence-corrected chi connectivity index (χ4v) is 3.62. The third kappa shape index (κ3) is 5.34.